The third kappa shape index (κ3) is 6.40. The van der Waals surface area contributed by atoms with E-state index < -0.39 is 5.54 Å². The molecule has 138 valence electrons. The van der Waals surface area contributed by atoms with Gasteiger partial charge in [-0.05, 0) is 31.9 Å². The van der Waals surface area contributed by atoms with Crippen LogP contribution in [0.3, 0.4) is 0 Å². The minimum atomic E-state index is -0.489. The molecule has 1 heterocycles. The van der Waals surface area contributed by atoms with Crippen LogP contribution in [0.5, 0.6) is 5.75 Å². The van der Waals surface area contributed by atoms with Crippen molar-refractivity contribution in [2.24, 2.45) is 11.7 Å². The number of carbonyl (C=O) groups excluding carboxylic acids is 1. The first-order valence-electron chi connectivity index (χ1n) is 8.11. The summed E-state index contributed by atoms with van der Waals surface area (Å²) in [4.78, 5) is 12.5. The van der Waals surface area contributed by atoms with Crippen LogP contribution in [-0.2, 0) is 0 Å². The largest absolute Gasteiger partial charge is 0.489 e. The SMILES string of the molecule is CC(C)COc1cn(-c2ccccc2)nc1C(=O)NCC(C)(C)N.Cl. The van der Waals surface area contributed by atoms with Gasteiger partial charge in [0.1, 0.15) is 0 Å². The molecular formula is C18H27ClN4O2. The van der Waals surface area contributed by atoms with Crippen molar-refractivity contribution in [2.75, 3.05) is 13.2 Å². The van der Waals surface area contributed by atoms with E-state index in [9.17, 15) is 4.79 Å². The van der Waals surface area contributed by atoms with Gasteiger partial charge in [0.05, 0.1) is 18.5 Å². The first-order valence-corrected chi connectivity index (χ1v) is 8.11. The molecule has 0 saturated carbocycles. The fraction of sp³-hybridized carbons (Fsp3) is 0.444. The Kier molecular flexibility index (Phi) is 7.45. The van der Waals surface area contributed by atoms with Crippen molar-refractivity contribution in [3.8, 4) is 11.4 Å². The molecular weight excluding hydrogens is 340 g/mol. The topological polar surface area (TPSA) is 82.2 Å². The highest BCUT2D eigenvalue weighted by Crippen LogP contribution is 2.20. The predicted octanol–water partition coefficient (Wildman–Crippen LogP) is 2.80. The van der Waals surface area contributed by atoms with Crippen molar-refractivity contribution in [1.82, 2.24) is 15.1 Å². The van der Waals surface area contributed by atoms with E-state index in [2.05, 4.69) is 24.3 Å². The Bertz CT molecular complexity index is 678. The lowest BCUT2D eigenvalue weighted by Gasteiger charge is -2.18. The van der Waals surface area contributed by atoms with Gasteiger partial charge in [0.25, 0.3) is 5.91 Å². The van der Waals surface area contributed by atoms with Crippen LogP contribution in [0.1, 0.15) is 38.2 Å². The average Bonchev–Trinajstić information content (AvgIpc) is 2.95. The van der Waals surface area contributed by atoms with Gasteiger partial charge in [-0.25, -0.2) is 4.68 Å². The van der Waals surface area contributed by atoms with Gasteiger partial charge in [0, 0.05) is 12.1 Å². The molecule has 3 N–H and O–H groups in total. The highest BCUT2D eigenvalue weighted by Gasteiger charge is 2.21. The summed E-state index contributed by atoms with van der Waals surface area (Å²) in [6.07, 6.45) is 1.74. The maximum absolute atomic E-state index is 12.5. The Morgan fingerprint density at radius 2 is 1.96 bits per heavy atom. The number of nitrogens with two attached hydrogens (primary N) is 1. The number of hydrogen-bond donors (Lipinski definition) is 2. The van der Waals surface area contributed by atoms with Gasteiger partial charge >= 0.3 is 0 Å². The van der Waals surface area contributed by atoms with Gasteiger partial charge in [-0.1, -0.05) is 32.0 Å². The van der Waals surface area contributed by atoms with E-state index in [1.165, 1.54) is 0 Å². The molecule has 0 atom stereocenters. The zero-order valence-electron chi connectivity index (χ0n) is 15.2. The summed E-state index contributed by atoms with van der Waals surface area (Å²) in [6, 6.07) is 9.61. The lowest BCUT2D eigenvalue weighted by Crippen LogP contribution is -2.45. The normalized spacial score (nSPS) is 11.1. The Morgan fingerprint density at radius 3 is 2.52 bits per heavy atom. The second kappa shape index (κ2) is 8.87. The summed E-state index contributed by atoms with van der Waals surface area (Å²) in [5.41, 5.74) is 6.57. The number of halogens is 1. The molecule has 0 saturated heterocycles. The van der Waals surface area contributed by atoms with Crippen LogP contribution in [0.4, 0.5) is 0 Å². The summed E-state index contributed by atoms with van der Waals surface area (Å²) in [5.74, 6) is 0.533. The summed E-state index contributed by atoms with van der Waals surface area (Å²) < 4.78 is 7.43. The van der Waals surface area contributed by atoms with E-state index in [1.807, 2.05) is 44.2 Å². The lowest BCUT2D eigenvalue weighted by molar-refractivity contribution is 0.0936. The lowest BCUT2D eigenvalue weighted by atomic mass is 10.1. The molecule has 1 aromatic heterocycles. The maximum atomic E-state index is 12.5. The first-order chi connectivity index (χ1) is 11.3. The molecule has 0 spiro atoms. The van der Waals surface area contributed by atoms with E-state index >= 15 is 0 Å². The van der Waals surface area contributed by atoms with Crippen LogP contribution in [0.2, 0.25) is 0 Å². The van der Waals surface area contributed by atoms with E-state index in [1.54, 1.807) is 10.9 Å². The predicted molar refractivity (Wildman–Crippen MR) is 102 cm³/mol. The second-order valence-electron chi connectivity index (χ2n) is 7.00. The molecule has 2 aromatic rings. The van der Waals surface area contributed by atoms with Crippen LogP contribution in [0.15, 0.2) is 36.5 Å². The van der Waals surface area contributed by atoms with Crippen LogP contribution >= 0.6 is 12.4 Å². The number of hydrogen-bond acceptors (Lipinski definition) is 4. The number of nitrogens with one attached hydrogen (secondary N) is 1. The molecule has 0 aliphatic rings. The molecule has 2 rings (SSSR count). The average molecular weight is 367 g/mol. The second-order valence-corrected chi connectivity index (χ2v) is 7.00. The minimum absolute atomic E-state index is 0. The van der Waals surface area contributed by atoms with Crippen molar-refractivity contribution < 1.29 is 9.53 Å². The number of benzene rings is 1. The molecule has 1 amide bonds. The first kappa shape index (κ1) is 21.0. The maximum Gasteiger partial charge on any atom is 0.275 e. The van der Waals surface area contributed by atoms with Crippen molar-refractivity contribution in [1.29, 1.82) is 0 Å². The number of amides is 1. The Morgan fingerprint density at radius 1 is 1.32 bits per heavy atom. The van der Waals surface area contributed by atoms with E-state index in [4.69, 9.17) is 10.5 Å². The van der Waals surface area contributed by atoms with E-state index in [0.717, 1.165) is 5.69 Å². The molecule has 0 bridgehead atoms. The molecule has 25 heavy (non-hydrogen) atoms. The quantitative estimate of drug-likeness (QED) is 0.789. The van der Waals surface area contributed by atoms with Gasteiger partial charge in [0.15, 0.2) is 11.4 Å². The minimum Gasteiger partial charge on any atom is -0.489 e. The van der Waals surface area contributed by atoms with Crippen molar-refractivity contribution in [2.45, 2.75) is 33.2 Å². The molecule has 0 radical (unpaired) electrons. The smallest absolute Gasteiger partial charge is 0.275 e. The van der Waals surface area contributed by atoms with Gasteiger partial charge in [-0.15, -0.1) is 12.4 Å². The Balaban J connectivity index is 0.00000312. The number of para-hydroxylation sites is 1. The molecule has 7 heteroatoms. The highest BCUT2D eigenvalue weighted by molar-refractivity contribution is 5.95. The Labute approximate surface area is 155 Å². The molecule has 0 aliphatic carbocycles. The molecule has 0 fully saturated rings. The van der Waals surface area contributed by atoms with E-state index in [-0.39, 0.29) is 24.0 Å². The summed E-state index contributed by atoms with van der Waals surface area (Å²) in [5, 5.41) is 7.21. The summed E-state index contributed by atoms with van der Waals surface area (Å²) in [7, 11) is 0. The molecule has 0 unspecified atom stereocenters. The third-order valence-corrected chi connectivity index (χ3v) is 3.19. The monoisotopic (exact) mass is 366 g/mol. The van der Waals surface area contributed by atoms with Gasteiger partial charge in [0.2, 0.25) is 0 Å². The van der Waals surface area contributed by atoms with Crippen molar-refractivity contribution in [3.05, 3.63) is 42.2 Å². The summed E-state index contributed by atoms with van der Waals surface area (Å²) in [6.45, 7) is 8.69. The van der Waals surface area contributed by atoms with E-state index in [0.29, 0.717) is 24.8 Å². The Hall–Kier alpha value is -2.05. The van der Waals surface area contributed by atoms with Crippen LogP contribution in [-0.4, -0.2) is 34.4 Å². The highest BCUT2D eigenvalue weighted by atomic mass is 35.5. The molecule has 1 aromatic carbocycles. The van der Waals surface area contributed by atoms with Crippen LogP contribution < -0.4 is 15.8 Å². The number of aromatic nitrogens is 2. The summed E-state index contributed by atoms with van der Waals surface area (Å²) >= 11 is 0. The fourth-order valence-corrected chi connectivity index (χ4v) is 1.98. The molecule has 6 nitrogen and oxygen atoms in total. The van der Waals surface area contributed by atoms with Crippen molar-refractivity contribution in [3.63, 3.8) is 0 Å². The third-order valence-electron chi connectivity index (χ3n) is 3.19. The standard InChI is InChI=1S/C18H26N4O2.ClH/c1-13(2)11-24-15-10-22(14-8-6-5-7-9-14)21-16(15)17(23)20-12-18(3,4)19;/h5-10,13H,11-12,19H2,1-4H3,(H,20,23);1H. The van der Waals surface area contributed by atoms with Gasteiger partial charge < -0.3 is 15.8 Å². The number of carbonyl (C=O) groups is 1. The number of rotatable bonds is 7. The number of ether oxygens (including phenoxy) is 1. The zero-order chi connectivity index (χ0) is 17.7. The fourth-order valence-electron chi connectivity index (χ4n) is 1.98. The zero-order valence-corrected chi connectivity index (χ0v) is 16.0. The molecule has 0 aliphatic heterocycles. The van der Waals surface area contributed by atoms with Crippen LogP contribution in [0, 0.1) is 5.92 Å². The van der Waals surface area contributed by atoms with Gasteiger partial charge in [-0.2, -0.15) is 5.10 Å². The van der Waals surface area contributed by atoms with Gasteiger partial charge in [-0.3, -0.25) is 4.79 Å². The van der Waals surface area contributed by atoms with Crippen molar-refractivity contribution >= 4 is 18.3 Å². The number of nitrogens with zero attached hydrogens (tertiary/aromatic N) is 2. The van der Waals surface area contributed by atoms with Crippen LogP contribution in [0.25, 0.3) is 5.69 Å².